The lowest BCUT2D eigenvalue weighted by molar-refractivity contribution is 0.255. The molecule has 2 fully saturated rings. The summed E-state index contributed by atoms with van der Waals surface area (Å²) in [5, 5.41) is 3.30. The van der Waals surface area contributed by atoms with E-state index in [-0.39, 0.29) is 5.75 Å². The second kappa shape index (κ2) is 8.40. The van der Waals surface area contributed by atoms with Crippen LogP contribution in [0.25, 0.3) is 11.1 Å². The Kier molecular flexibility index (Phi) is 6.20. The highest BCUT2D eigenvalue weighted by atomic mass is 32.2. The molecule has 5 heteroatoms. The molecule has 1 N–H and O–H groups in total. The van der Waals surface area contributed by atoms with Crippen molar-refractivity contribution in [2.45, 2.75) is 18.7 Å². The van der Waals surface area contributed by atoms with Crippen LogP contribution in [0.4, 0.5) is 8.78 Å². The van der Waals surface area contributed by atoms with E-state index < -0.39 is 11.6 Å². The van der Waals surface area contributed by atoms with Crippen LogP contribution in [0.5, 0.6) is 5.75 Å². The molecule has 2 nitrogen and oxygen atoms in total. The van der Waals surface area contributed by atoms with Crippen LogP contribution in [-0.2, 0) is 0 Å². The van der Waals surface area contributed by atoms with E-state index in [4.69, 9.17) is 4.74 Å². The number of fused-ring (bicyclic) bond motifs is 1. The summed E-state index contributed by atoms with van der Waals surface area (Å²) in [5.41, 5.74) is 1.32. The van der Waals surface area contributed by atoms with Crippen molar-refractivity contribution < 1.29 is 13.5 Å². The number of nitrogens with one attached hydrogen (secondary N) is 1. The number of hydrogen-bond acceptors (Lipinski definition) is 3. The van der Waals surface area contributed by atoms with Crippen molar-refractivity contribution in [3.05, 3.63) is 48.0 Å². The van der Waals surface area contributed by atoms with Gasteiger partial charge in [0, 0.05) is 10.8 Å². The molecule has 0 bridgehead atoms. The van der Waals surface area contributed by atoms with Gasteiger partial charge in [-0.3, -0.25) is 0 Å². The van der Waals surface area contributed by atoms with Crippen molar-refractivity contribution in [2.75, 3.05) is 26.0 Å². The maximum Gasteiger partial charge on any atom is 0.190 e. The van der Waals surface area contributed by atoms with Gasteiger partial charge in [-0.05, 0) is 66.6 Å². The first-order chi connectivity index (χ1) is 12.7. The summed E-state index contributed by atoms with van der Waals surface area (Å²) in [6.45, 7) is 6.38. The maximum absolute atomic E-state index is 14.3. The Bertz CT molecular complexity index is 717. The van der Waals surface area contributed by atoms with Crippen molar-refractivity contribution in [2.24, 2.45) is 17.8 Å². The van der Waals surface area contributed by atoms with Gasteiger partial charge in [-0.15, -0.1) is 11.8 Å². The van der Waals surface area contributed by atoms with Gasteiger partial charge in [-0.2, -0.15) is 0 Å². The van der Waals surface area contributed by atoms with Crippen molar-refractivity contribution >= 4 is 11.8 Å². The van der Waals surface area contributed by atoms with Crippen LogP contribution < -0.4 is 10.1 Å². The topological polar surface area (TPSA) is 21.3 Å². The highest BCUT2D eigenvalue weighted by Gasteiger charge is 2.53. The van der Waals surface area contributed by atoms with Crippen molar-refractivity contribution in [1.29, 1.82) is 0 Å². The number of ether oxygens (including phenoxy) is 1. The molecule has 140 valence electrons. The minimum absolute atomic E-state index is 0.252. The average molecular weight is 378 g/mol. The number of piperidine rings is 1. The zero-order valence-electron chi connectivity index (χ0n) is 15.4. The number of thioether (sulfide) groups is 1. The molecule has 2 aromatic rings. The molecule has 2 aliphatic rings. The number of benzene rings is 2. The Morgan fingerprint density at radius 2 is 1.58 bits per heavy atom. The molecular weight excluding hydrogens is 352 g/mol. The van der Waals surface area contributed by atoms with Crippen molar-refractivity contribution in [3.8, 4) is 16.9 Å². The Morgan fingerprint density at radius 3 is 2.12 bits per heavy atom. The molecule has 2 atom stereocenters. The molecule has 0 radical (unpaired) electrons. The van der Waals surface area contributed by atoms with E-state index in [0.717, 1.165) is 23.5 Å². The van der Waals surface area contributed by atoms with Crippen LogP contribution in [0.2, 0.25) is 0 Å². The van der Waals surface area contributed by atoms with Crippen LogP contribution in [0.3, 0.4) is 0 Å². The lowest BCUT2D eigenvalue weighted by Gasteiger charge is -2.11. The molecule has 26 heavy (non-hydrogen) atoms. The van der Waals surface area contributed by atoms with Gasteiger partial charge < -0.3 is 10.1 Å². The number of rotatable bonds is 5. The van der Waals surface area contributed by atoms with E-state index in [0.29, 0.717) is 29.9 Å². The lowest BCUT2D eigenvalue weighted by Crippen LogP contribution is -2.18. The molecule has 2 unspecified atom stereocenters. The molecule has 1 saturated carbocycles. The monoisotopic (exact) mass is 377 g/mol. The normalized spacial score (nSPS) is 23.0. The Labute approximate surface area is 158 Å². The Hall–Kier alpha value is -1.59. The third-order valence-corrected chi connectivity index (χ3v) is 5.85. The predicted octanol–water partition coefficient (Wildman–Crippen LogP) is 5.22. The largest absolute Gasteiger partial charge is 0.487 e. The van der Waals surface area contributed by atoms with Gasteiger partial charge in [0.15, 0.2) is 17.4 Å². The average Bonchev–Trinajstić information content (AvgIpc) is 3.10. The quantitative estimate of drug-likeness (QED) is 0.722. The zero-order chi connectivity index (χ0) is 18.7. The van der Waals surface area contributed by atoms with E-state index in [1.54, 1.807) is 11.8 Å². The van der Waals surface area contributed by atoms with Crippen LogP contribution >= 0.6 is 11.8 Å². The van der Waals surface area contributed by atoms with E-state index in [9.17, 15) is 8.78 Å². The summed E-state index contributed by atoms with van der Waals surface area (Å²) in [6, 6.07) is 10.3. The third kappa shape index (κ3) is 3.89. The summed E-state index contributed by atoms with van der Waals surface area (Å²) in [4.78, 5) is 1.11. The number of halogens is 2. The van der Waals surface area contributed by atoms with Crippen LogP contribution in [0.15, 0.2) is 41.3 Å². The van der Waals surface area contributed by atoms with Gasteiger partial charge in [-0.1, -0.05) is 26.0 Å². The highest BCUT2D eigenvalue weighted by molar-refractivity contribution is 7.98. The molecule has 1 aliphatic carbocycles. The van der Waals surface area contributed by atoms with Gasteiger partial charge in [-0.25, -0.2) is 8.78 Å². The molecule has 0 aromatic heterocycles. The maximum atomic E-state index is 14.3. The van der Waals surface area contributed by atoms with E-state index in [1.807, 2.05) is 44.4 Å². The van der Waals surface area contributed by atoms with Crippen molar-refractivity contribution in [1.82, 2.24) is 5.32 Å². The summed E-state index contributed by atoms with van der Waals surface area (Å²) in [7, 11) is 0. The van der Waals surface area contributed by atoms with Gasteiger partial charge in [0.1, 0.15) is 0 Å². The van der Waals surface area contributed by atoms with E-state index >= 15 is 0 Å². The second-order valence-corrected chi connectivity index (χ2v) is 7.34. The van der Waals surface area contributed by atoms with Crippen LogP contribution in [-0.4, -0.2) is 26.0 Å². The fourth-order valence-electron chi connectivity index (χ4n) is 3.62. The minimum atomic E-state index is -0.636. The molecule has 1 heterocycles. The smallest absolute Gasteiger partial charge is 0.190 e. The van der Waals surface area contributed by atoms with Crippen LogP contribution in [0, 0.1) is 29.4 Å². The van der Waals surface area contributed by atoms with E-state index in [2.05, 4.69) is 5.32 Å². The fraction of sp³-hybridized carbons (Fsp3) is 0.429. The fourth-order valence-corrected chi connectivity index (χ4v) is 4.03. The van der Waals surface area contributed by atoms with E-state index in [1.165, 1.54) is 12.1 Å². The third-order valence-electron chi connectivity index (χ3n) is 5.11. The molecule has 0 amide bonds. The minimum Gasteiger partial charge on any atom is -0.487 e. The predicted molar refractivity (Wildman–Crippen MR) is 104 cm³/mol. The zero-order valence-corrected chi connectivity index (χ0v) is 16.2. The molecule has 1 aliphatic heterocycles. The molecular formula is C21H25F2NOS. The first-order valence-corrected chi connectivity index (χ1v) is 10.4. The van der Waals surface area contributed by atoms with Crippen LogP contribution in [0.1, 0.15) is 13.8 Å². The first-order valence-electron chi connectivity index (χ1n) is 9.14. The summed E-state index contributed by atoms with van der Waals surface area (Å²) >= 11 is 1.63. The summed E-state index contributed by atoms with van der Waals surface area (Å²) in [5.74, 6) is 0.141. The first kappa shape index (κ1) is 19.2. The van der Waals surface area contributed by atoms with Gasteiger partial charge >= 0.3 is 0 Å². The molecule has 4 rings (SSSR count). The van der Waals surface area contributed by atoms with Gasteiger partial charge in [0.25, 0.3) is 0 Å². The highest BCUT2D eigenvalue weighted by Crippen LogP contribution is 2.48. The standard InChI is InChI=1S/C19H19F2NOS.C2H6/c1-24-13-4-2-11(3-5-13)12-6-17(20)19(18(21)7-12)23-10-16-14-8-22-9-15(14)16;1-2/h2-7,14-16,22H,8-10H2,1H3;1-2H3. The summed E-state index contributed by atoms with van der Waals surface area (Å²) in [6.07, 6.45) is 1.99. The second-order valence-electron chi connectivity index (χ2n) is 6.46. The molecule has 0 spiro atoms. The SMILES string of the molecule is CC.CSc1ccc(-c2cc(F)c(OCC3C4CNCC43)c(F)c2)cc1. The number of hydrogen-bond donors (Lipinski definition) is 1. The molecule has 2 aromatic carbocycles. The van der Waals surface area contributed by atoms with Gasteiger partial charge in [0.2, 0.25) is 0 Å². The van der Waals surface area contributed by atoms with Crippen molar-refractivity contribution in [3.63, 3.8) is 0 Å². The van der Waals surface area contributed by atoms with Gasteiger partial charge in [0.05, 0.1) is 6.61 Å². The molecule has 1 saturated heterocycles. The Balaban J connectivity index is 0.000000948. The summed E-state index contributed by atoms with van der Waals surface area (Å²) < 4.78 is 34.1. The Morgan fingerprint density at radius 1 is 1.00 bits per heavy atom. The lowest BCUT2D eigenvalue weighted by atomic mass is 10.1.